The fourth-order valence-corrected chi connectivity index (χ4v) is 2.97. The van der Waals surface area contributed by atoms with Gasteiger partial charge in [0.25, 0.3) is 11.0 Å². The molecule has 0 aliphatic carbocycles. The molecule has 0 bridgehead atoms. The second-order valence-corrected chi connectivity index (χ2v) is 5.81. The van der Waals surface area contributed by atoms with Gasteiger partial charge >= 0.3 is 0 Å². The third-order valence-electron chi connectivity index (χ3n) is 4.22. The number of nitrogens with zero attached hydrogens (tertiary/aromatic N) is 3. The maximum absolute atomic E-state index is 12.5. The molecule has 0 fully saturated rings. The molecule has 1 heterocycles. The lowest BCUT2D eigenvalue weighted by Gasteiger charge is -2.14. The maximum atomic E-state index is 12.5. The molecule has 134 valence electrons. The number of methoxy groups -OCH3 is 2. The van der Waals surface area contributed by atoms with Crippen LogP contribution in [0.25, 0.3) is 22.2 Å². The molecule has 0 aliphatic heterocycles. The van der Waals surface area contributed by atoms with E-state index in [9.17, 15) is 10.0 Å². The summed E-state index contributed by atoms with van der Waals surface area (Å²) in [5.74, 6) is 1.09. The van der Waals surface area contributed by atoms with Crippen LogP contribution in [0.1, 0.15) is 5.56 Å². The van der Waals surface area contributed by atoms with E-state index in [0.29, 0.717) is 33.7 Å². The molecule has 1 N–H and O–H groups in total. The van der Waals surface area contributed by atoms with Crippen LogP contribution < -0.4 is 20.5 Å². The van der Waals surface area contributed by atoms with Gasteiger partial charge in [-0.05, 0) is 30.7 Å². The van der Waals surface area contributed by atoms with E-state index < -0.39 is 5.56 Å². The van der Waals surface area contributed by atoms with Gasteiger partial charge in [0.1, 0.15) is 11.5 Å². The number of para-hydroxylation sites is 1. The van der Waals surface area contributed by atoms with Gasteiger partial charge in [0.2, 0.25) is 0 Å². The molecule has 2 aromatic carbocycles. The van der Waals surface area contributed by atoms with E-state index in [-0.39, 0.29) is 5.49 Å². The van der Waals surface area contributed by atoms with E-state index in [0.717, 1.165) is 5.56 Å². The van der Waals surface area contributed by atoms with Gasteiger partial charge in [0, 0.05) is 12.4 Å². The number of ether oxygens (including phenoxy) is 2. The Balaban J connectivity index is 2.63. The lowest BCUT2D eigenvalue weighted by Crippen LogP contribution is -2.32. The molecule has 7 nitrogen and oxygen atoms in total. The van der Waals surface area contributed by atoms with Crippen LogP contribution in [-0.4, -0.2) is 29.0 Å². The van der Waals surface area contributed by atoms with Gasteiger partial charge in [-0.25, -0.2) is 4.98 Å². The number of hydrogen-bond acceptors (Lipinski definition) is 6. The molecule has 7 heteroatoms. The molecular weight excluding hydrogens is 334 g/mol. The lowest BCUT2D eigenvalue weighted by molar-refractivity contribution is 0.297. The first-order valence-corrected chi connectivity index (χ1v) is 7.93. The quantitative estimate of drug-likeness (QED) is 0.576. The van der Waals surface area contributed by atoms with Gasteiger partial charge in [-0.1, -0.05) is 23.4 Å². The van der Waals surface area contributed by atoms with E-state index >= 15 is 0 Å². The summed E-state index contributed by atoms with van der Waals surface area (Å²) in [7, 11) is 4.72. The highest BCUT2D eigenvalue weighted by Crippen LogP contribution is 2.40. The predicted octanol–water partition coefficient (Wildman–Crippen LogP) is 2.22. The molecule has 3 aromatic rings. The zero-order chi connectivity index (χ0) is 18.8. The summed E-state index contributed by atoms with van der Waals surface area (Å²) >= 11 is 0. The van der Waals surface area contributed by atoms with Crippen molar-refractivity contribution in [2.45, 2.75) is 6.92 Å². The van der Waals surface area contributed by atoms with E-state index in [2.05, 4.69) is 10.1 Å². The summed E-state index contributed by atoms with van der Waals surface area (Å²) in [5.41, 5.74) is 1.77. The Labute approximate surface area is 149 Å². The summed E-state index contributed by atoms with van der Waals surface area (Å²) in [6.07, 6.45) is 0. The van der Waals surface area contributed by atoms with Gasteiger partial charge in [-0.3, -0.25) is 4.79 Å². The van der Waals surface area contributed by atoms with Crippen LogP contribution in [0.2, 0.25) is 0 Å². The Kier molecular flexibility index (Phi) is 4.62. The van der Waals surface area contributed by atoms with Gasteiger partial charge < -0.3 is 19.2 Å². The Morgan fingerprint density at radius 1 is 1.12 bits per heavy atom. The van der Waals surface area contributed by atoms with E-state index in [4.69, 9.17) is 9.47 Å². The van der Waals surface area contributed by atoms with Crippen molar-refractivity contribution in [2.75, 3.05) is 14.2 Å². The molecule has 0 radical (unpaired) electrons. The second kappa shape index (κ2) is 6.87. The van der Waals surface area contributed by atoms with Crippen molar-refractivity contribution in [3.63, 3.8) is 0 Å². The Morgan fingerprint density at radius 2 is 1.73 bits per heavy atom. The summed E-state index contributed by atoms with van der Waals surface area (Å²) in [5, 5.41) is 13.1. The minimum Gasteiger partial charge on any atom is -0.496 e. The molecule has 0 atom stereocenters. The first-order valence-electron chi connectivity index (χ1n) is 7.93. The average Bonchev–Trinajstić information content (AvgIpc) is 2.77. The van der Waals surface area contributed by atoms with Crippen molar-refractivity contribution in [3.05, 3.63) is 57.8 Å². The number of benzene rings is 2. The van der Waals surface area contributed by atoms with E-state index in [1.807, 2.05) is 37.3 Å². The Morgan fingerprint density at radius 3 is 2.31 bits per heavy atom. The number of fused-ring (bicyclic) bond motifs is 1. The van der Waals surface area contributed by atoms with E-state index in [1.165, 1.54) is 4.57 Å². The highest BCUT2D eigenvalue weighted by atomic mass is 16.5. The maximum Gasteiger partial charge on any atom is 0.299 e. The van der Waals surface area contributed by atoms with Crippen LogP contribution in [0.15, 0.2) is 46.3 Å². The summed E-state index contributed by atoms with van der Waals surface area (Å²) in [6.45, 7) is 1.93. The monoisotopic (exact) mass is 353 g/mol. The smallest absolute Gasteiger partial charge is 0.299 e. The molecule has 0 saturated carbocycles. The SMILES string of the molecule is COc1cc(C)cc(OC)c1-c1nc(=NO)c(=O)n(C)c2ccccc12. The molecule has 3 rings (SSSR count). The molecule has 0 saturated heterocycles. The van der Waals surface area contributed by atoms with Gasteiger partial charge in [-0.15, -0.1) is 0 Å². The van der Waals surface area contributed by atoms with Crippen molar-refractivity contribution >= 4 is 10.9 Å². The Bertz CT molecular complexity index is 1090. The second-order valence-electron chi connectivity index (χ2n) is 5.81. The van der Waals surface area contributed by atoms with E-state index in [1.54, 1.807) is 27.3 Å². The lowest BCUT2D eigenvalue weighted by atomic mass is 10.0. The largest absolute Gasteiger partial charge is 0.496 e. The molecule has 26 heavy (non-hydrogen) atoms. The average molecular weight is 353 g/mol. The number of aryl methyl sites for hydroxylation is 2. The first-order chi connectivity index (χ1) is 12.5. The minimum absolute atomic E-state index is 0.316. The normalized spacial score (nSPS) is 11.6. The molecule has 1 aromatic heterocycles. The fourth-order valence-electron chi connectivity index (χ4n) is 2.97. The highest BCUT2D eigenvalue weighted by molar-refractivity contribution is 5.95. The van der Waals surface area contributed by atoms with Gasteiger partial charge in [0.15, 0.2) is 0 Å². The zero-order valence-electron chi connectivity index (χ0n) is 15.0. The van der Waals surface area contributed by atoms with Gasteiger partial charge in [0.05, 0.1) is 31.0 Å². The number of rotatable bonds is 3. The first kappa shape index (κ1) is 17.5. The number of aromatic nitrogens is 2. The fraction of sp³-hybridized carbons (Fsp3) is 0.211. The third-order valence-corrected chi connectivity index (χ3v) is 4.22. The molecule has 0 amide bonds. The molecule has 0 unspecified atom stereocenters. The van der Waals surface area contributed by atoms with Crippen LogP contribution in [0.4, 0.5) is 0 Å². The predicted molar refractivity (Wildman–Crippen MR) is 97.6 cm³/mol. The summed E-state index contributed by atoms with van der Waals surface area (Å²) in [6, 6.07) is 11.0. The van der Waals surface area contributed by atoms with Crippen LogP contribution in [-0.2, 0) is 7.05 Å². The number of hydrogen-bond donors (Lipinski definition) is 1. The Hall–Kier alpha value is -3.35. The van der Waals surface area contributed by atoms with Gasteiger partial charge in [-0.2, -0.15) is 0 Å². The topological polar surface area (TPSA) is 85.9 Å². The van der Waals surface area contributed by atoms with Crippen LogP contribution in [0.5, 0.6) is 11.5 Å². The minimum atomic E-state index is -0.514. The molecule has 0 spiro atoms. The van der Waals surface area contributed by atoms with Crippen molar-refractivity contribution in [3.8, 4) is 22.8 Å². The van der Waals surface area contributed by atoms with Crippen LogP contribution in [0, 0.1) is 6.92 Å². The summed E-state index contributed by atoms with van der Waals surface area (Å²) < 4.78 is 12.5. The third kappa shape index (κ3) is 2.77. The molecule has 0 aliphatic rings. The van der Waals surface area contributed by atoms with Crippen molar-refractivity contribution in [1.82, 2.24) is 9.55 Å². The van der Waals surface area contributed by atoms with Crippen molar-refractivity contribution < 1.29 is 14.7 Å². The zero-order valence-corrected chi connectivity index (χ0v) is 15.0. The summed E-state index contributed by atoms with van der Waals surface area (Å²) in [4.78, 5) is 16.9. The van der Waals surface area contributed by atoms with Crippen LogP contribution in [0.3, 0.4) is 0 Å². The van der Waals surface area contributed by atoms with Crippen molar-refractivity contribution in [2.24, 2.45) is 12.2 Å². The standard InChI is InChI=1S/C19H19N3O4/c1-11-9-14(25-3)16(15(10-11)26-4)17-12-7-5-6-8-13(12)22(2)19(23)18(20-17)21-24/h5-10,24H,1-4H3. The highest BCUT2D eigenvalue weighted by Gasteiger charge is 2.19. The van der Waals surface area contributed by atoms with Crippen LogP contribution >= 0.6 is 0 Å². The molecular formula is C19H19N3O4. The van der Waals surface area contributed by atoms with Crippen molar-refractivity contribution in [1.29, 1.82) is 0 Å².